The van der Waals surface area contributed by atoms with E-state index in [0.717, 1.165) is 0 Å². The number of nitrogens with one attached hydrogen (secondary N) is 7. The number of carbonyl (C=O) groups excluding carboxylic acids is 6. The molecule has 0 aliphatic heterocycles. The van der Waals surface area contributed by atoms with E-state index < -0.39 is 109 Å². The minimum absolute atomic E-state index is 0.00976. The van der Waals surface area contributed by atoms with Gasteiger partial charge in [0.2, 0.25) is 35.4 Å². The molecule has 1 aromatic heterocycles. The number of aromatic nitrogens is 2. The molecule has 23 heteroatoms. The number of carboxylic acid groups (broad SMARTS) is 1. The first-order valence-electron chi connectivity index (χ1n) is 17.9. The smallest absolute Gasteiger partial charge is 0.326 e. The molecule has 0 saturated heterocycles. The second-order valence-corrected chi connectivity index (χ2v) is 13.9. The van der Waals surface area contributed by atoms with E-state index in [9.17, 15) is 54.0 Å². The number of carbonyl (C=O) groups is 7. The number of guanidine groups is 1. The van der Waals surface area contributed by atoms with Crippen LogP contribution >= 0.6 is 0 Å². The molecule has 0 fully saturated rings. The number of aliphatic hydroxyl groups is 3. The van der Waals surface area contributed by atoms with Crippen LogP contribution in [0.25, 0.3) is 0 Å². The molecule has 56 heavy (non-hydrogen) atoms. The number of rotatable bonds is 25. The van der Waals surface area contributed by atoms with Gasteiger partial charge < -0.3 is 74.5 Å². The minimum Gasteiger partial charge on any atom is -0.480 e. The molecule has 1 heterocycles. The Morgan fingerprint density at radius 3 is 1.71 bits per heavy atom. The summed E-state index contributed by atoms with van der Waals surface area (Å²) in [6.45, 7) is 6.25. The molecule has 23 nitrogen and oxygen atoms in total. The van der Waals surface area contributed by atoms with E-state index in [1.807, 2.05) is 0 Å². The summed E-state index contributed by atoms with van der Waals surface area (Å²) < 4.78 is 0. The Hall–Kier alpha value is -5.39. The molecule has 8 atom stereocenters. The molecule has 0 saturated carbocycles. The number of imidazole rings is 1. The largest absolute Gasteiger partial charge is 0.480 e. The number of nitrogens with two attached hydrogens (primary N) is 3. The molecule has 0 radical (unpaired) electrons. The van der Waals surface area contributed by atoms with Crippen LogP contribution < -0.4 is 49.1 Å². The first-order chi connectivity index (χ1) is 26.2. The molecule has 0 unspecified atom stereocenters. The molecular weight excluding hydrogens is 740 g/mol. The van der Waals surface area contributed by atoms with Crippen LogP contribution in [0.15, 0.2) is 17.5 Å². The maximum atomic E-state index is 13.8. The van der Waals surface area contributed by atoms with E-state index in [1.54, 1.807) is 27.7 Å². The monoisotopic (exact) mass is 798 g/mol. The van der Waals surface area contributed by atoms with Crippen LogP contribution in [0.3, 0.4) is 0 Å². The van der Waals surface area contributed by atoms with Crippen molar-refractivity contribution in [2.75, 3.05) is 19.8 Å². The number of hydrogen-bond acceptors (Lipinski definition) is 13. The maximum absolute atomic E-state index is 13.8. The van der Waals surface area contributed by atoms with Crippen molar-refractivity contribution >= 4 is 47.4 Å². The van der Waals surface area contributed by atoms with Crippen LogP contribution in [0.5, 0.6) is 0 Å². The predicted octanol–water partition coefficient (Wildman–Crippen LogP) is -5.61. The summed E-state index contributed by atoms with van der Waals surface area (Å²) in [5.41, 5.74) is 16.5. The molecule has 0 aliphatic carbocycles. The number of aromatic amines is 1. The Balaban J connectivity index is 3.22. The SMILES string of the molecule is CC(C)C[C@H](NC(=O)[C@H](Cc1cnc[nH]1)NC(=O)[C@H](CO)NC(=O)[C@H](CO)NC(=O)[C@@H](N)[C@@H](C)O)C(=O)N[C@H](C(=O)N[C@@H](CCCN=C(N)N)C(=O)O)C(C)C. The highest BCUT2D eigenvalue weighted by molar-refractivity contribution is 5.97. The highest BCUT2D eigenvalue weighted by Gasteiger charge is 2.35. The third kappa shape index (κ3) is 17.0. The van der Waals surface area contributed by atoms with Crippen LogP contribution in [0.4, 0.5) is 0 Å². The summed E-state index contributed by atoms with van der Waals surface area (Å²) in [6.07, 6.45) is 1.50. The maximum Gasteiger partial charge on any atom is 0.326 e. The number of carboxylic acids is 1. The Labute approximate surface area is 323 Å². The normalized spacial score (nSPS) is 15.5. The van der Waals surface area contributed by atoms with Crippen molar-refractivity contribution in [1.82, 2.24) is 41.9 Å². The van der Waals surface area contributed by atoms with E-state index >= 15 is 0 Å². The second-order valence-electron chi connectivity index (χ2n) is 13.9. The van der Waals surface area contributed by atoms with E-state index in [0.29, 0.717) is 5.69 Å². The van der Waals surface area contributed by atoms with E-state index in [1.165, 1.54) is 19.4 Å². The van der Waals surface area contributed by atoms with Crippen LogP contribution in [-0.4, -0.2) is 146 Å². The molecule has 6 amide bonds. The summed E-state index contributed by atoms with van der Waals surface area (Å²) in [5, 5.41) is 53.2. The van der Waals surface area contributed by atoms with Gasteiger partial charge in [-0.25, -0.2) is 9.78 Å². The fraction of sp³-hybridized carbons (Fsp3) is 0.667. The molecular formula is C33H58N12O11. The molecule has 316 valence electrons. The summed E-state index contributed by atoms with van der Waals surface area (Å²) in [7, 11) is 0. The summed E-state index contributed by atoms with van der Waals surface area (Å²) in [4.78, 5) is 102. The molecule has 1 aromatic rings. The van der Waals surface area contributed by atoms with Gasteiger partial charge in [-0.05, 0) is 38.0 Å². The molecule has 1 rings (SSSR count). The molecule has 0 aromatic carbocycles. The van der Waals surface area contributed by atoms with Crippen LogP contribution in [-0.2, 0) is 40.0 Å². The van der Waals surface area contributed by atoms with E-state index in [-0.39, 0.29) is 44.1 Å². The third-order valence-electron chi connectivity index (χ3n) is 8.21. The zero-order chi connectivity index (χ0) is 42.7. The summed E-state index contributed by atoms with van der Waals surface area (Å²) in [5.74, 6) is -7.76. The Morgan fingerprint density at radius 1 is 0.750 bits per heavy atom. The fourth-order valence-corrected chi connectivity index (χ4v) is 5.03. The molecule has 17 N–H and O–H groups in total. The van der Waals surface area contributed by atoms with Gasteiger partial charge in [-0.1, -0.05) is 27.7 Å². The first-order valence-corrected chi connectivity index (χ1v) is 17.9. The number of H-pyrrole nitrogens is 1. The van der Waals surface area contributed by atoms with Crippen molar-refractivity contribution < 1.29 is 54.0 Å². The van der Waals surface area contributed by atoms with E-state index in [4.69, 9.17) is 17.2 Å². The highest BCUT2D eigenvalue weighted by atomic mass is 16.4. The highest BCUT2D eigenvalue weighted by Crippen LogP contribution is 2.11. The number of amides is 6. The topological polar surface area (TPSA) is 392 Å². The third-order valence-corrected chi connectivity index (χ3v) is 8.21. The fourth-order valence-electron chi connectivity index (χ4n) is 5.03. The lowest BCUT2D eigenvalue weighted by atomic mass is 9.99. The van der Waals surface area contributed by atoms with Gasteiger partial charge >= 0.3 is 5.97 Å². The van der Waals surface area contributed by atoms with Crippen molar-refractivity contribution in [3.8, 4) is 0 Å². The second kappa shape index (κ2) is 24.2. The lowest BCUT2D eigenvalue weighted by Gasteiger charge is -2.28. The Kier molecular flexibility index (Phi) is 21.0. The molecule has 0 spiro atoms. The van der Waals surface area contributed by atoms with Gasteiger partial charge in [0.25, 0.3) is 0 Å². The van der Waals surface area contributed by atoms with Crippen molar-refractivity contribution in [1.29, 1.82) is 0 Å². The van der Waals surface area contributed by atoms with Gasteiger partial charge in [0.05, 0.1) is 25.6 Å². The number of hydrogen-bond donors (Lipinski definition) is 14. The summed E-state index contributed by atoms with van der Waals surface area (Å²) >= 11 is 0. The number of aliphatic hydroxyl groups excluding tert-OH is 3. The zero-order valence-electron chi connectivity index (χ0n) is 32.2. The van der Waals surface area contributed by atoms with Gasteiger partial charge in [-0.3, -0.25) is 33.8 Å². The average molecular weight is 799 g/mol. The van der Waals surface area contributed by atoms with Crippen LogP contribution in [0.2, 0.25) is 0 Å². The minimum atomic E-state index is -1.70. The lowest BCUT2D eigenvalue weighted by Crippen LogP contribution is -2.61. The predicted molar refractivity (Wildman–Crippen MR) is 200 cm³/mol. The van der Waals surface area contributed by atoms with E-state index in [2.05, 4.69) is 46.9 Å². The van der Waals surface area contributed by atoms with Gasteiger partial charge in [0.15, 0.2) is 5.96 Å². The lowest BCUT2D eigenvalue weighted by molar-refractivity contribution is -0.143. The van der Waals surface area contributed by atoms with Gasteiger partial charge in [-0.15, -0.1) is 0 Å². The average Bonchev–Trinajstić information content (AvgIpc) is 3.64. The number of nitrogens with zero attached hydrogens (tertiary/aromatic N) is 2. The molecule has 0 aliphatic rings. The van der Waals surface area contributed by atoms with Crippen LogP contribution in [0, 0.1) is 11.8 Å². The number of aliphatic carboxylic acids is 1. The summed E-state index contributed by atoms with van der Waals surface area (Å²) in [6, 6.07) is -10.0. The van der Waals surface area contributed by atoms with Crippen molar-refractivity contribution in [2.45, 2.75) is 109 Å². The van der Waals surface area contributed by atoms with Gasteiger partial charge in [0, 0.05) is 24.9 Å². The standard InChI is InChI=1S/C33H58N12O11/c1-15(2)9-20(27(50)45-25(16(3)4)31(54)40-19(32(55)56)7-6-8-38-33(35)36)41-26(49)21(10-18-11-37-14-39-18)42-28(51)22(12-46)43-29(52)23(13-47)44-30(53)24(34)17(5)48/h11,14-17,19-25,46-48H,6-10,12-13,34H2,1-5H3,(H,37,39)(H,40,54)(H,41,49)(H,42,51)(H,43,52)(H,44,53)(H,45,50)(H,55,56)(H4,35,36,38)/t17-,19+,20+,21+,22+,23+,24+,25+/m1/s1. The first kappa shape index (κ1) is 48.6. The van der Waals surface area contributed by atoms with Crippen LogP contribution in [0.1, 0.15) is 59.6 Å². The molecule has 0 bridgehead atoms. The van der Waals surface area contributed by atoms with Gasteiger partial charge in [-0.2, -0.15) is 0 Å². The van der Waals surface area contributed by atoms with Crippen molar-refractivity contribution in [3.63, 3.8) is 0 Å². The van der Waals surface area contributed by atoms with Crippen molar-refractivity contribution in [3.05, 3.63) is 18.2 Å². The zero-order valence-corrected chi connectivity index (χ0v) is 32.2. The Bertz CT molecular complexity index is 1490. The quantitative estimate of drug-likeness (QED) is 0.0249. The van der Waals surface area contributed by atoms with Crippen molar-refractivity contribution in [2.24, 2.45) is 34.0 Å². The van der Waals surface area contributed by atoms with Gasteiger partial charge in [0.1, 0.15) is 42.3 Å². The number of aliphatic imine (C=N–C) groups is 1. The Morgan fingerprint density at radius 2 is 1.25 bits per heavy atom.